The molecule has 1 amide bonds. The molecule has 6 heteroatoms. The van der Waals surface area contributed by atoms with E-state index in [2.05, 4.69) is 47.1 Å². The SMILES string of the molecule is CC(C)CC(C)n1nccc1NC(=O)c1coc(Br)c1. The van der Waals surface area contributed by atoms with Crippen molar-refractivity contribution in [3.8, 4) is 0 Å². The van der Waals surface area contributed by atoms with E-state index >= 15 is 0 Å². The number of amides is 1. The number of rotatable bonds is 5. The van der Waals surface area contributed by atoms with Crippen molar-refractivity contribution in [3.05, 3.63) is 34.8 Å². The summed E-state index contributed by atoms with van der Waals surface area (Å²) in [6.07, 6.45) is 4.11. The summed E-state index contributed by atoms with van der Waals surface area (Å²) in [6, 6.07) is 3.66. The Balaban J connectivity index is 2.10. The molecule has 1 unspecified atom stereocenters. The van der Waals surface area contributed by atoms with E-state index in [4.69, 9.17) is 4.42 Å². The molecule has 2 rings (SSSR count). The van der Waals surface area contributed by atoms with Gasteiger partial charge in [-0.15, -0.1) is 0 Å². The van der Waals surface area contributed by atoms with Crippen molar-refractivity contribution >= 4 is 27.7 Å². The Labute approximate surface area is 126 Å². The second-order valence-electron chi connectivity index (χ2n) is 5.23. The monoisotopic (exact) mass is 339 g/mol. The lowest BCUT2D eigenvalue weighted by Crippen LogP contribution is -2.18. The molecule has 0 aliphatic heterocycles. The summed E-state index contributed by atoms with van der Waals surface area (Å²) >= 11 is 3.18. The molecule has 20 heavy (non-hydrogen) atoms. The van der Waals surface area contributed by atoms with Crippen molar-refractivity contribution in [3.63, 3.8) is 0 Å². The third-order valence-corrected chi connectivity index (χ3v) is 3.39. The van der Waals surface area contributed by atoms with E-state index < -0.39 is 0 Å². The lowest BCUT2D eigenvalue weighted by Gasteiger charge is -2.17. The van der Waals surface area contributed by atoms with Gasteiger partial charge in [0, 0.05) is 12.1 Å². The van der Waals surface area contributed by atoms with Gasteiger partial charge in [-0.25, -0.2) is 4.68 Å². The van der Waals surface area contributed by atoms with Gasteiger partial charge in [0.05, 0.1) is 17.8 Å². The highest BCUT2D eigenvalue weighted by molar-refractivity contribution is 9.10. The van der Waals surface area contributed by atoms with Crippen LogP contribution in [0, 0.1) is 5.92 Å². The second kappa shape index (κ2) is 6.26. The van der Waals surface area contributed by atoms with Crippen LogP contribution in [0.25, 0.3) is 0 Å². The number of anilines is 1. The summed E-state index contributed by atoms with van der Waals surface area (Å²) in [5.41, 5.74) is 0.473. The fourth-order valence-electron chi connectivity index (χ4n) is 2.16. The van der Waals surface area contributed by atoms with Crippen LogP contribution in [0.5, 0.6) is 0 Å². The number of hydrogen-bond acceptors (Lipinski definition) is 3. The summed E-state index contributed by atoms with van der Waals surface area (Å²) in [4.78, 5) is 12.1. The van der Waals surface area contributed by atoms with E-state index in [1.54, 1.807) is 18.3 Å². The first-order valence-electron chi connectivity index (χ1n) is 6.56. The topological polar surface area (TPSA) is 60.1 Å². The number of nitrogens with one attached hydrogen (secondary N) is 1. The molecule has 0 bridgehead atoms. The summed E-state index contributed by atoms with van der Waals surface area (Å²) in [7, 11) is 0. The molecule has 0 spiro atoms. The first-order valence-corrected chi connectivity index (χ1v) is 7.35. The molecule has 0 aromatic carbocycles. The van der Waals surface area contributed by atoms with Gasteiger partial charge in [0.1, 0.15) is 12.1 Å². The zero-order valence-corrected chi connectivity index (χ0v) is 13.3. The lowest BCUT2D eigenvalue weighted by molar-refractivity contribution is 0.102. The minimum atomic E-state index is -0.210. The first kappa shape index (κ1) is 14.8. The number of furan rings is 1. The Morgan fingerprint density at radius 3 is 2.85 bits per heavy atom. The van der Waals surface area contributed by atoms with E-state index in [0.717, 1.165) is 6.42 Å². The third-order valence-electron chi connectivity index (χ3n) is 2.97. The van der Waals surface area contributed by atoms with Gasteiger partial charge in [-0.05, 0) is 35.2 Å². The highest BCUT2D eigenvalue weighted by Crippen LogP contribution is 2.22. The first-order chi connectivity index (χ1) is 9.47. The summed E-state index contributed by atoms with van der Waals surface area (Å²) in [5.74, 6) is 1.06. The maximum Gasteiger partial charge on any atom is 0.260 e. The van der Waals surface area contributed by atoms with Crippen molar-refractivity contribution in [1.29, 1.82) is 0 Å². The smallest absolute Gasteiger partial charge is 0.260 e. The average Bonchev–Trinajstić information content (AvgIpc) is 2.97. The molecule has 0 aliphatic rings. The minimum Gasteiger partial charge on any atom is -0.457 e. The van der Waals surface area contributed by atoms with E-state index in [1.807, 2.05) is 4.68 Å². The molecule has 0 saturated heterocycles. The molecule has 108 valence electrons. The van der Waals surface area contributed by atoms with Crippen LogP contribution in [-0.2, 0) is 0 Å². The molecular weight excluding hydrogens is 322 g/mol. The van der Waals surface area contributed by atoms with Crippen LogP contribution in [0.1, 0.15) is 43.6 Å². The third kappa shape index (κ3) is 3.50. The van der Waals surface area contributed by atoms with E-state index in [9.17, 15) is 4.79 Å². The van der Waals surface area contributed by atoms with Crippen molar-refractivity contribution in [2.75, 3.05) is 5.32 Å². The molecule has 0 radical (unpaired) electrons. The number of aromatic nitrogens is 2. The molecule has 2 heterocycles. The van der Waals surface area contributed by atoms with Crippen LogP contribution in [0.15, 0.2) is 33.7 Å². The van der Waals surface area contributed by atoms with Gasteiger partial charge in [-0.1, -0.05) is 13.8 Å². The van der Waals surface area contributed by atoms with Gasteiger partial charge in [-0.2, -0.15) is 5.10 Å². The van der Waals surface area contributed by atoms with Crippen molar-refractivity contribution in [2.24, 2.45) is 5.92 Å². The normalized spacial score (nSPS) is 12.7. The number of carbonyl (C=O) groups excluding carboxylic acids is 1. The maximum absolute atomic E-state index is 12.1. The van der Waals surface area contributed by atoms with Crippen LogP contribution in [0.3, 0.4) is 0 Å². The quantitative estimate of drug-likeness (QED) is 0.891. The Morgan fingerprint density at radius 2 is 2.25 bits per heavy atom. The molecule has 2 aromatic heterocycles. The number of nitrogens with zero attached hydrogens (tertiary/aromatic N) is 2. The Bertz CT molecular complexity index is 589. The van der Waals surface area contributed by atoms with Gasteiger partial charge in [0.15, 0.2) is 4.67 Å². The Morgan fingerprint density at radius 1 is 1.50 bits per heavy atom. The van der Waals surface area contributed by atoms with E-state index in [0.29, 0.717) is 22.0 Å². The van der Waals surface area contributed by atoms with Gasteiger partial charge in [0.2, 0.25) is 0 Å². The molecule has 2 aromatic rings. The number of halogens is 1. The summed E-state index contributed by atoms with van der Waals surface area (Å²) in [5, 5.41) is 7.15. The molecule has 0 aliphatic carbocycles. The molecule has 5 nitrogen and oxygen atoms in total. The van der Waals surface area contributed by atoms with Crippen molar-refractivity contribution in [1.82, 2.24) is 9.78 Å². The minimum absolute atomic E-state index is 0.210. The zero-order valence-electron chi connectivity index (χ0n) is 11.8. The largest absolute Gasteiger partial charge is 0.457 e. The van der Waals surface area contributed by atoms with Crippen LogP contribution < -0.4 is 5.32 Å². The van der Waals surface area contributed by atoms with Crippen LogP contribution >= 0.6 is 15.9 Å². The number of hydrogen-bond donors (Lipinski definition) is 1. The molecule has 1 N–H and O–H groups in total. The number of carbonyl (C=O) groups is 1. The lowest BCUT2D eigenvalue weighted by atomic mass is 10.1. The van der Waals surface area contributed by atoms with Crippen molar-refractivity contribution in [2.45, 2.75) is 33.2 Å². The van der Waals surface area contributed by atoms with Gasteiger partial charge < -0.3 is 9.73 Å². The Kier molecular flexibility index (Phi) is 4.65. The summed E-state index contributed by atoms with van der Waals surface area (Å²) < 4.78 is 7.44. The average molecular weight is 340 g/mol. The maximum atomic E-state index is 12.1. The molecule has 1 atom stereocenters. The zero-order chi connectivity index (χ0) is 14.7. The van der Waals surface area contributed by atoms with Gasteiger partial charge in [0.25, 0.3) is 5.91 Å². The van der Waals surface area contributed by atoms with Gasteiger partial charge in [-0.3, -0.25) is 4.79 Å². The van der Waals surface area contributed by atoms with Crippen LogP contribution in [0.4, 0.5) is 5.82 Å². The van der Waals surface area contributed by atoms with Crippen molar-refractivity contribution < 1.29 is 9.21 Å². The summed E-state index contributed by atoms with van der Waals surface area (Å²) in [6.45, 7) is 6.43. The highest BCUT2D eigenvalue weighted by atomic mass is 79.9. The fourth-order valence-corrected chi connectivity index (χ4v) is 2.50. The standard InChI is InChI=1S/C14H18BrN3O2/c1-9(2)6-10(3)18-13(4-5-16-18)17-14(19)11-7-12(15)20-8-11/h4-5,7-10H,6H2,1-3H3,(H,17,19). The molecular formula is C14H18BrN3O2. The van der Waals surface area contributed by atoms with Crippen LogP contribution in [-0.4, -0.2) is 15.7 Å². The van der Waals surface area contributed by atoms with Gasteiger partial charge >= 0.3 is 0 Å². The predicted molar refractivity (Wildman–Crippen MR) is 80.8 cm³/mol. The fraction of sp³-hybridized carbons (Fsp3) is 0.429. The Hall–Kier alpha value is -1.56. The van der Waals surface area contributed by atoms with E-state index in [-0.39, 0.29) is 11.9 Å². The van der Waals surface area contributed by atoms with Crippen LogP contribution in [0.2, 0.25) is 0 Å². The predicted octanol–water partition coefficient (Wildman–Crippen LogP) is 4.10. The highest BCUT2D eigenvalue weighted by Gasteiger charge is 2.15. The molecule has 0 fully saturated rings. The van der Waals surface area contributed by atoms with E-state index in [1.165, 1.54) is 6.26 Å². The second-order valence-corrected chi connectivity index (χ2v) is 6.01. The molecule has 0 saturated carbocycles.